The summed E-state index contributed by atoms with van der Waals surface area (Å²) >= 11 is 0. The topological polar surface area (TPSA) is 12.9 Å². The van der Waals surface area contributed by atoms with Gasteiger partial charge in [-0.3, -0.25) is 4.98 Å². The minimum absolute atomic E-state index is 0.152. The minimum atomic E-state index is 0.152. The summed E-state index contributed by atoms with van der Waals surface area (Å²) in [4.78, 5) is 3.88. The van der Waals surface area contributed by atoms with Crippen LogP contribution in [0.4, 0.5) is 0 Å². The third-order valence-electron chi connectivity index (χ3n) is 4.55. The molecule has 0 saturated carbocycles. The Bertz CT molecular complexity index is 816. The van der Waals surface area contributed by atoms with Crippen molar-refractivity contribution in [2.45, 2.75) is 33.1 Å². The SMILES string of the molecule is Cc1ccc2c(c1)-c1ccccc1C2(C)C.Cc1cccnc1. The highest BCUT2D eigenvalue weighted by Crippen LogP contribution is 2.48. The first kappa shape index (κ1) is 15.5. The van der Waals surface area contributed by atoms with Gasteiger partial charge in [0, 0.05) is 17.8 Å². The van der Waals surface area contributed by atoms with Crippen LogP contribution < -0.4 is 0 Å². The average Bonchev–Trinajstić information content (AvgIpc) is 2.77. The summed E-state index contributed by atoms with van der Waals surface area (Å²) in [5, 5.41) is 0. The Kier molecular flexibility index (Phi) is 4.04. The van der Waals surface area contributed by atoms with Gasteiger partial charge in [0.1, 0.15) is 0 Å². The highest BCUT2D eigenvalue weighted by atomic mass is 14.6. The molecule has 0 N–H and O–H groups in total. The second-order valence-corrected chi connectivity index (χ2v) is 6.75. The number of aromatic nitrogens is 1. The zero-order valence-electron chi connectivity index (χ0n) is 14.3. The molecule has 0 amide bonds. The molecule has 1 heterocycles. The van der Waals surface area contributed by atoms with Gasteiger partial charge >= 0.3 is 0 Å². The van der Waals surface area contributed by atoms with Crippen LogP contribution in [-0.4, -0.2) is 4.98 Å². The van der Waals surface area contributed by atoms with E-state index in [0.29, 0.717) is 0 Å². The normalized spacial score (nSPS) is 13.6. The van der Waals surface area contributed by atoms with Crippen LogP contribution in [0.1, 0.15) is 36.1 Å². The lowest BCUT2D eigenvalue weighted by atomic mass is 9.82. The molecule has 2 aromatic carbocycles. The predicted molar refractivity (Wildman–Crippen MR) is 97.7 cm³/mol. The fourth-order valence-electron chi connectivity index (χ4n) is 3.28. The van der Waals surface area contributed by atoms with E-state index >= 15 is 0 Å². The maximum absolute atomic E-state index is 3.88. The molecule has 0 aliphatic heterocycles. The highest BCUT2D eigenvalue weighted by Gasteiger charge is 2.34. The smallest absolute Gasteiger partial charge is 0.0297 e. The van der Waals surface area contributed by atoms with E-state index in [4.69, 9.17) is 0 Å². The van der Waals surface area contributed by atoms with E-state index in [-0.39, 0.29) is 5.41 Å². The zero-order chi connectivity index (χ0) is 16.4. The Labute approximate surface area is 139 Å². The van der Waals surface area contributed by atoms with Crippen molar-refractivity contribution in [3.63, 3.8) is 0 Å². The first-order chi connectivity index (χ1) is 11.0. The van der Waals surface area contributed by atoms with Crippen molar-refractivity contribution < 1.29 is 0 Å². The van der Waals surface area contributed by atoms with Crippen LogP contribution in [-0.2, 0) is 5.41 Å². The van der Waals surface area contributed by atoms with Crippen LogP contribution >= 0.6 is 0 Å². The molecular weight excluding hydrogens is 278 g/mol. The Morgan fingerprint density at radius 2 is 1.48 bits per heavy atom. The number of pyridine rings is 1. The lowest BCUT2D eigenvalue weighted by Crippen LogP contribution is -2.14. The van der Waals surface area contributed by atoms with Gasteiger partial charge in [0.2, 0.25) is 0 Å². The van der Waals surface area contributed by atoms with Crippen LogP contribution in [0, 0.1) is 13.8 Å². The molecule has 1 nitrogen and oxygen atoms in total. The Morgan fingerprint density at radius 3 is 2.13 bits per heavy atom. The van der Waals surface area contributed by atoms with Gasteiger partial charge < -0.3 is 0 Å². The molecule has 3 aromatic rings. The maximum atomic E-state index is 3.88. The summed E-state index contributed by atoms with van der Waals surface area (Å²) in [7, 11) is 0. The predicted octanol–water partition coefficient (Wildman–Crippen LogP) is 5.69. The number of nitrogens with zero attached hydrogens (tertiary/aromatic N) is 1. The number of benzene rings is 2. The zero-order valence-corrected chi connectivity index (χ0v) is 14.3. The van der Waals surface area contributed by atoms with Crippen molar-refractivity contribution in [2.75, 3.05) is 0 Å². The van der Waals surface area contributed by atoms with Gasteiger partial charge in [-0.15, -0.1) is 0 Å². The molecule has 1 aliphatic rings. The van der Waals surface area contributed by atoms with Crippen molar-refractivity contribution in [2.24, 2.45) is 0 Å². The van der Waals surface area contributed by atoms with Gasteiger partial charge in [-0.2, -0.15) is 0 Å². The van der Waals surface area contributed by atoms with Crippen molar-refractivity contribution in [3.8, 4) is 11.1 Å². The van der Waals surface area contributed by atoms with Crippen molar-refractivity contribution in [1.82, 2.24) is 4.98 Å². The molecule has 0 unspecified atom stereocenters. The Morgan fingerprint density at radius 1 is 0.739 bits per heavy atom. The van der Waals surface area contributed by atoms with E-state index in [1.54, 1.807) is 6.20 Å². The highest BCUT2D eigenvalue weighted by molar-refractivity contribution is 5.80. The monoisotopic (exact) mass is 301 g/mol. The van der Waals surface area contributed by atoms with E-state index < -0.39 is 0 Å². The van der Waals surface area contributed by atoms with E-state index in [0.717, 1.165) is 0 Å². The number of hydrogen-bond donors (Lipinski definition) is 0. The van der Waals surface area contributed by atoms with Crippen molar-refractivity contribution >= 4 is 0 Å². The molecular formula is C22H23N. The Hall–Kier alpha value is -2.41. The quantitative estimate of drug-likeness (QED) is 0.519. The van der Waals surface area contributed by atoms with Gasteiger partial charge in [-0.1, -0.05) is 67.9 Å². The number of rotatable bonds is 0. The molecule has 23 heavy (non-hydrogen) atoms. The third-order valence-corrected chi connectivity index (χ3v) is 4.55. The summed E-state index contributed by atoms with van der Waals surface area (Å²) < 4.78 is 0. The summed E-state index contributed by atoms with van der Waals surface area (Å²) in [6.07, 6.45) is 3.60. The van der Waals surface area contributed by atoms with E-state index in [1.807, 2.05) is 25.3 Å². The molecule has 0 radical (unpaired) electrons. The molecule has 116 valence electrons. The summed E-state index contributed by atoms with van der Waals surface area (Å²) in [6, 6.07) is 19.5. The van der Waals surface area contributed by atoms with E-state index in [2.05, 4.69) is 68.2 Å². The largest absolute Gasteiger partial charge is 0.264 e. The lowest BCUT2D eigenvalue weighted by Gasteiger charge is -2.21. The molecule has 1 heteroatoms. The van der Waals surface area contributed by atoms with Crippen molar-refractivity contribution in [1.29, 1.82) is 0 Å². The lowest BCUT2D eigenvalue weighted by molar-refractivity contribution is 0.660. The summed E-state index contributed by atoms with van der Waals surface area (Å²) in [5.74, 6) is 0. The molecule has 0 spiro atoms. The third kappa shape index (κ3) is 2.92. The van der Waals surface area contributed by atoms with Crippen LogP contribution in [0.15, 0.2) is 67.0 Å². The molecule has 4 rings (SSSR count). The fraction of sp³-hybridized carbons (Fsp3) is 0.227. The average molecular weight is 301 g/mol. The summed E-state index contributed by atoms with van der Waals surface area (Å²) in [5.41, 5.74) is 8.44. The second kappa shape index (κ2) is 6.00. The minimum Gasteiger partial charge on any atom is -0.264 e. The van der Waals surface area contributed by atoms with Gasteiger partial charge in [0.15, 0.2) is 0 Å². The first-order valence-electron chi connectivity index (χ1n) is 8.08. The first-order valence-corrected chi connectivity index (χ1v) is 8.08. The summed E-state index contributed by atoms with van der Waals surface area (Å²) in [6.45, 7) is 8.81. The van der Waals surface area contributed by atoms with Crippen molar-refractivity contribution in [3.05, 3.63) is 89.2 Å². The molecule has 0 atom stereocenters. The van der Waals surface area contributed by atoms with Gasteiger partial charge in [0.25, 0.3) is 0 Å². The van der Waals surface area contributed by atoms with Gasteiger partial charge in [0.05, 0.1) is 0 Å². The van der Waals surface area contributed by atoms with Crippen LogP contribution in [0.25, 0.3) is 11.1 Å². The molecule has 0 fully saturated rings. The van der Waals surface area contributed by atoms with E-state index in [9.17, 15) is 0 Å². The Balaban J connectivity index is 0.000000188. The standard InChI is InChI=1S/C16H16.C6H7N/c1-11-8-9-15-13(10-11)12-6-4-5-7-14(12)16(15,2)3;1-6-3-2-4-7-5-6/h4-10H,1-3H3;2-5H,1H3. The van der Waals surface area contributed by atoms with Crippen LogP contribution in [0.5, 0.6) is 0 Å². The van der Waals surface area contributed by atoms with Gasteiger partial charge in [-0.05, 0) is 47.7 Å². The van der Waals surface area contributed by atoms with E-state index in [1.165, 1.54) is 33.4 Å². The van der Waals surface area contributed by atoms with Crippen LogP contribution in [0.3, 0.4) is 0 Å². The number of hydrogen-bond acceptors (Lipinski definition) is 1. The second-order valence-electron chi connectivity index (χ2n) is 6.75. The van der Waals surface area contributed by atoms with Crippen LogP contribution in [0.2, 0.25) is 0 Å². The molecule has 1 aliphatic carbocycles. The number of fused-ring (bicyclic) bond motifs is 3. The maximum Gasteiger partial charge on any atom is 0.0297 e. The molecule has 1 aromatic heterocycles. The number of aryl methyl sites for hydroxylation is 2. The molecule has 0 saturated heterocycles. The van der Waals surface area contributed by atoms with Gasteiger partial charge in [-0.25, -0.2) is 0 Å². The molecule has 0 bridgehead atoms. The fourth-order valence-corrected chi connectivity index (χ4v) is 3.28.